The standard InChI is InChI=1S/C10H20N2O3/c1-3-10(6-13,7-14)5-12-8(2)4-11-9(12)15/h8,13-14H,3-7H2,1-2H3,(H,11,15). The molecule has 0 aromatic carbocycles. The fourth-order valence-electron chi connectivity index (χ4n) is 1.72. The molecule has 0 aromatic rings. The maximum Gasteiger partial charge on any atom is 0.317 e. The molecule has 0 saturated carbocycles. The number of hydrogen-bond acceptors (Lipinski definition) is 3. The Morgan fingerprint density at radius 1 is 1.53 bits per heavy atom. The first-order valence-electron chi connectivity index (χ1n) is 5.35. The fraction of sp³-hybridized carbons (Fsp3) is 0.900. The fourth-order valence-corrected chi connectivity index (χ4v) is 1.72. The molecule has 5 heteroatoms. The van der Waals surface area contributed by atoms with Gasteiger partial charge in [-0.05, 0) is 13.3 Å². The van der Waals surface area contributed by atoms with Crippen molar-refractivity contribution in [2.45, 2.75) is 26.3 Å². The lowest BCUT2D eigenvalue weighted by Gasteiger charge is -2.34. The molecule has 15 heavy (non-hydrogen) atoms. The van der Waals surface area contributed by atoms with Gasteiger partial charge in [-0.3, -0.25) is 0 Å². The Morgan fingerprint density at radius 3 is 2.47 bits per heavy atom. The zero-order chi connectivity index (χ0) is 11.5. The zero-order valence-electron chi connectivity index (χ0n) is 9.36. The van der Waals surface area contributed by atoms with Gasteiger partial charge in [0.25, 0.3) is 0 Å². The van der Waals surface area contributed by atoms with E-state index < -0.39 is 5.41 Å². The lowest BCUT2D eigenvalue weighted by atomic mass is 9.86. The van der Waals surface area contributed by atoms with Crippen molar-refractivity contribution >= 4 is 6.03 Å². The Hall–Kier alpha value is -0.810. The van der Waals surface area contributed by atoms with Crippen molar-refractivity contribution in [3.8, 4) is 0 Å². The SMILES string of the molecule is CCC(CO)(CO)CN1C(=O)NCC1C. The van der Waals surface area contributed by atoms with Crippen LogP contribution in [0.1, 0.15) is 20.3 Å². The van der Waals surface area contributed by atoms with Crippen molar-refractivity contribution in [3.63, 3.8) is 0 Å². The lowest BCUT2D eigenvalue weighted by molar-refractivity contribution is 0.0256. The number of nitrogens with zero attached hydrogens (tertiary/aromatic N) is 1. The van der Waals surface area contributed by atoms with Gasteiger partial charge in [0.1, 0.15) is 0 Å². The van der Waals surface area contributed by atoms with Crippen LogP contribution in [-0.2, 0) is 0 Å². The minimum Gasteiger partial charge on any atom is -0.396 e. The van der Waals surface area contributed by atoms with Gasteiger partial charge >= 0.3 is 6.03 Å². The molecule has 88 valence electrons. The van der Waals surface area contributed by atoms with Crippen LogP contribution >= 0.6 is 0 Å². The summed E-state index contributed by atoms with van der Waals surface area (Å²) >= 11 is 0. The Labute approximate surface area is 90.1 Å². The Bertz CT molecular complexity index is 220. The molecule has 3 N–H and O–H groups in total. The third-order valence-corrected chi connectivity index (χ3v) is 3.27. The van der Waals surface area contributed by atoms with Crippen LogP contribution in [0, 0.1) is 5.41 Å². The van der Waals surface area contributed by atoms with E-state index in [0.29, 0.717) is 19.5 Å². The summed E-state index contributed by atoms with van der Waals surface area (Å²) < 4.78 is 0. The molecule has 1 unspecified atom stereocenters. The van der Waals surface area contributed by atoms with Crippen LogP contribution in [-0.4, -0.2) is 53.5 Å². The molecule has 0 aromatic heterocycles. The lowest BCUT2D eigenvalue weighted by Crippen LogP contribution is -2.46. The van der Waals surface area contributed by atoms with E-state index in [4.69, 9.17) is 0 Å². The second kappa shape index (κ2) is 4.81. The number of urea groups is 1. The van der Waals surface area contributed by atoms with E-state index in [9.17, 15) is 15.0 Å². The molecule has 5 nitrogen and oxygen atoms in total. The zero-order valence-corrected chi connectivity index (χ0v) is 9.36. The van der Waals surface area contributed by atoms with Crippen molar-refractivity contribution in [2.75, 3.05) is 26.3 Å². The van der Waals surface area contributed by atoms with Crippen molar-refractivity contribution in [2.24, 2.45) is 5.41 Å². The third-order valence-electron chi connectivity index (χ3n) is 3.27. The van der Waals surface area contributed by atoms with Gasteiger partial charge in [-0.25, -0.2) is 4.79 Å². The van der Waals surface area contributed by atoms with Gasteiger partial charge in [-0.2, -0.15) is 0 Å². The number of rotatable bonds is 5. The van der Waals surface area contributed by atoms with Crippen LogP contribution in [0.25, 0.3) is 0 Å². The number of nitrogens with one attached hydrogen (secondary N) is 1. The highest BCUT2D eigenvalue weighted by molar-refractivity contribution is 5.76. The highest BCUT2D eigenvalue weighted by atomic mass is 16.3. The van der Waals surface area contributed by atoms with Crippen LogP contribution < -0.4 is 5.32 Å². The number of hydrogen-bond donors (Lipinski definition) is 3. The molecular formula is C10H20N2O3. The molecule has 1 fully saturated rings. The van der Waals surface area contributed by atoms with Crippen LogP contribution in [0.2, 0.25) is 0 Å². The quantitative estimate of drug-likeness (QED) is 0.595. The van der Waals surface area contributed by atoms with E-state index >= 15 is 0 Å². The van der Waals surface area contributed by atoms with Gasteiger partial charge in [-0.1, -0.05) is 6.92 Å². The van der Waals surface area contributed by atoms with Crippen LogP contribution in [0.4, 0.5) is 4.79 Å². The topological polar surface area (TPSA) is 72.8 Å². The smallest absolute Gasteiger partial charge is 0.317 e. The van der Waals surface area contributed by atoms with Crippen LogP contribution in [0.15, 0.2) is 0 Å². The van der Waals surface area contributed by atoms with Gasteiger partial charge in [-0.15, -0.1) is 0 Å². The number of amides is 2. The minimum atomic E-state index is -0.573. The maximum absolute atomic E-state index is 11.5. The summed E-state index contributed by atoms with van der Waals surface area (Å²) in [5.74, 6) is 0. The normalized spacial score (nSPS) is 22.0. The predicted molar refractivity (Wildman–Crippen MR) is 56.5 cm³/mol. The molecule has 1 saturated heterocycles. The molecule has 0 bridgehead atoms. The molecular weight excluding hydrogens is 196 g/mol. The molecule has 2 amide bonds. The number of carbonyl (C=O) groups is 1. The summed E-state index contributed by atoms with van der Waals surface area (Å²) in [7, 11) is 0. The minimum absolute atomic E-state index is 0.101. The van der Waals surface area contributed by atoms with Crippen LogP contribution in [0.3, 0.4) is 0 Å². The molecule has 0 radical (unpaired) electrons. The number of aliphatic hydroxyl groups is 2. The summed E-state index contributed by atoms with van der Waals surface area (Å²) in [6, 6.07) is 0.0174. The Kier molecular flexibility index (Phi) is 3.93. The molecule has 0 aliphatic carbocycles. The average molecular weight is 216 g/mol. The first kappa shape index (κ1) is 12.3. The summed E-state index contributed by atoms with van der Waals surface area (Å²) in [5.41, 5.74) is -0.573. The van der Waals surface area contributed by atoms with Gasteiger partial charge < -0.3 is 20.4 Å². The van der Waals surface area contributed by atoms with Gasteiger partial charge in [0.15, 0.2) is 0 Å². The number of carbonyl (C=O) groups excluding carboxylic acids is 1. The molecule has 1 aliphatic rings. The number of aliphatic hydroxyl groups excluding tert-OH is 2. The first-order chi connectivity index (χ1) is 7.08. The second-order valence-corrected chi connectivity index (χ2v) is 4.33. The van der Waals surface area contributed by atoms with Crippen molar-refractivity contribution < 1.29 is 15.0 Å². The molecule has 1 rings (SSSR count). The Morgan fingerprint density at radius 2 is 2.13 bits per heavy atom. The van der Waals surface area contributed by atoms with Gasteiger partial charge in [0.05, 0.1) is 13.2 Å². The van der Waals surface area contributed by atoms with E-state index in [-0.39, 0.29) is 25.3 Å². The van der Waals surface area contributed by atoms with Crippen molar-refractivity contribution in [1.29, 1.82) is 0 Å². The van der Waals surface area contributed by atoms with Crippen molar-refractivity contribution in [1.82, 2.24) is 10.2 Å². The maximum atomic E-state index is 11.5. The van der Waals surface area contributed by atoms with E-state index in [0.717, 1.165) is 0 Å². The van der Waals surface area contributed by atoms with Crippen molar-refractivity contribution in [3.05, 3.63) is 0 Å². The van der Waals surface area contributed by atoms with E-state index in [1.807, 2.05) is 13.8 Å². The molecule has 0 spiro atoms. The average Bonchev–Trinajstić information content (AvgIpc) is 2.57. The second-order valence-electron chi connectivity index (χ2n) is 4.33. The first-order valence-corrected chi connectivity index (χ1v) is 5.35. The molecule has 1 atom stereocenters. The largest absolute Gasteiger partial charge is 0.396 e. The highest BCUT2D eigenvalue weighted by Crippen LogP contribution is 2.24. The third kappa shape index (κ3) is 2.41. The van der Waals surface area contributed by atoms with Crippen LogP contribution in [0.5, 0.6) is 0 Å². The monoisotopic (exact) mass is 216 g/mol. The Balaban J connectivity index is 2.69. The predicted octanol–water partition coefficient (Wildman–Crippen LogP) is -0.219. The van der Waals surface area contributed by atoms with E-state index in [1.54, 1.807) is 4.90 Å². The summed E-state index contributed by atoms with van der Waals surface area (Å²) in [5, 5.41) is 21.3. The van der Waals surface area contributed by atoms with Gasteiger partial charge in [0.2, 0.25) is 0 Å². The summed E-state index contributed by atoms with van der Waals surface area (Å²) in [6.07, 6.45) is 0.649. The highest BCUT2D eigenvalue weighted by Gasteiger charge is 2.36. The summed E-state index contributed by atoms with van der Waals surface area (Å²) in [4.78, 5) is 13.1. The summed E-state index contributed by atoms with van der Waals surface area (Å²) in [6.45, 7) is 4.70. The molecule has 1 aliphatic heterocycles. The molecule has 1 heterocycles. The van der Waals surface area contributed by atoms with Gasteiger partial charge in [0, 0.05) is 24.5 Å². The van der Waals surface area contributed by atoms with E-state index in [2.05, 4.69) is 5.32 Å². The van der Waals surface area contributed by atoms with E-state index in [1.165, 1.54) is 0 Å².